The highest BCUT2D eigenvalue weighted by Crippen LogP contribution is 2.34. The van der Waals surface area contributed by atoms with Gasteiger partial charge >= 0.3 is 0 Å². The van der Waals surface area contributed by atoms with Gasteiger partial charge in [-0.05, 0) is 18.9 Å². The summed E-state index contributed by atoms with van der Waals surface area (Å²) in [5.74, 6) is -1.05. The Morgan fingerprint density at radius 3 is 2.00 bits per heavy atom. The summed E-state index contributed by atoms with van der Waals surface area (Å²) in [6.07, 6.45) is -11.8. The minimum Gasteiger partial charge on any atom is -0.394 e. The molecule has 0 aliphatic carbocycles. The Morgan fingerprint density at radius 1 is 0.844 bits per heavy atom. The van der Waals surface area contributed by atoms with Crippen LogP contribution in [0.4, 0.5) is 0 Å². The molecule has 0 aromatic heterocycles. The Balaban J connectivity index is 1.68. The van der Waals surface area contributed by atoms with Gasteiger partial charge in [0, 0.05) is 0 Å². The van der Waals surface area contributed by atoms with E-state index in [-0.39, 0.29) is 12.0 Å². The minimum absolute atomic E-state index is 0.181. The lowest BCUT2D eigenvalue weighted by atomic mass is 9.97. The van der Waals surface area contributed by atoms with Crippen LogP contribution in [0, 0.1) is 5.92 Å². The fourth-order valence-corrected chi connectivity index (χ4v) is 3.93. The van der Waals surface area contributed by atoms with E-state index in [4.69, 9.17) is 23.7 Å². The highest BCUT2D eigenvalue weighted by Gasteiger charge is 2.52. The zero-order chi connectivity index (χ0) is 23.8. The molecule has 0 aromatic rings. The molecule has 2 fully saturated rings. The van der Waals surface area contributed by atoms with E-state index in [0.29, 0.717) is 0 Å². The normalized spacial score (nSPS) is 49.7. The van der Waals surface area contributed by atoms with Crippen LogP contribution in [0.3, 0.4) is 0 Å². The van der Waals surface area contributed by atoms with Gasteiger partial charge in [-0.2, -0.15) is 0 Å². The first-order valence-corrected chi connectivity index (χ1v) is 10.6. The standard InChI is InChI=1S/C20H34O12/c1-8(2)9-4-5-20(3,31-9)32-19-16(27)14(25)17(11(7-22)29-19)30-18-15(26)13(24)12(23)10(6-21)28-18/h4-5,8-19,21-27H,6-7H2,1-3H3/t9-,10+,11+,12+,13-,14+,15+,16+,17+,18-,19-,20-/m0/s1. The van der Waals surface area contributed by atoms with Crippen LogP contribution in [-0.4, -0.2) is 122 Å². The van der Waals surface area contributed by atoms with Crippen LogP contribution in [-0.2, 0) is 23.7 Å². The van der Waals surface area contributed by atoms with Crippen molar-refractivity contribution in [3.63, 3.8) is 0 Å². The zero-order valence-corrected chi connectivity index (χ0v) is 18.2. The van der Waals surface area contributed by atoms with E-state index in [1.54, 1.807) is 13.0 Å². The molecule has 7 N–H and O–H groups in total. The molecule has 12 heteroatoms. The molecule has 0 amide bonds. The maximum atomic E-state index is 10.7. The zero-order valence-electron chi connectivity index (χ0n) is 18.2. The molecule has 0 saturated carbocycles. The molecule has 32 heavy (non-hydrogen) atoms. The van der Waals surface area contributed by atoms with Gasteiger partial charge < -0.3 is 59.4 Å². The fraction of sp³-hybridized carbons (Fsp3) is 0.900. The van der Waals surface area contributed by atoms with Crippen LogP contribution in [0.1, 0.15) is 20.8 Å². The largest absolute Gasteiger partial charge is 0.394 e. The lowest BCUT2D eigenvalue weighted by Crippen LogP contribution is -2.65. The lowest BCUT2D eigenvalue weighted by molar-refractivity contribution is -0.381. The van der Waals surface area contributed by atoms with Crippen molar-refractivity contribution in [1.82, 2.24) is 0 Å². The third-order valence-corrected chi connectivity index (χ3v) is 5.93. The smallest absolute Gasteiger partial charge is 0.190 e. The van der Waals surface area contributed by atoms with E-state index in [2.05, 4.69) is 0 Å². The summed E-state index contributed by atoms with van der Waals surface area (Å²) >= 11 is 0. The van der Waals surface area contributed by atoms with Gasteiger partial charge in [0.25, 0.3) is 0 Å². The predicted octanol–water partition coefficient (Wildman–Crippen LogP) is -3.05. The highest BCUT2D eigenvalue weighted by atomic mass is 16.8. The second kappa shape index (κ2) is 10.3. The van der Waals surface area contributed by atoms with Gasteiger partial charge in [-0.25, -0.2) is 0 Å². The molecule has 12 nitrogen and oxygen atoms in total. The first-order valence-electron chi connectivity index (χ1n) is 10.6. The first kappa shape index (κ1) is 25.9. The Kier molecular flexibility index (Phi) is 8.29. The van der Waals surface area contributed by atoms with Crippen molar-refractivity contribution in [3.05, 3.63) is 12.2 Å². The third kappa shape index (κ3) is 5.17. The summed E-state index contributed by atoms with van der Waals surface area (Å²) in [5, 5.41) is 70.3. The van der Waals surface area contributed by atoms with Crippen LogP contribution in [0.2, 0.25) is 0 Å². The van der Waals surface area contributed by atoms with Crippen molar-refractivity contribution in [2.75, 3.05) is 13.2 Å². The van der Waals surface area contributed by atoms with Gasteiger partial charge in [0.2, 0.25) is 0 Å². The van der Waals surface area contributed by atoms with Crippen LogP contribution < -0.4 is 0 Å². The van der Waals surface area contributed by atoms with Crippen molar-refractivity contribution in [2.45, 2.75) is 94.1 Å². The van der Waals surface area contributed by atoms with Gasteiger partial charge in [0.1, 0.15) is 48.8 Å². The average molecular weight is 466 g/mol. The number of aliphatic hydroxyl groups excluding tert-OH is 7. The molecule has 186 valence electrons. The predicted molar refractivity (Wildman–Crippen MR) is 105 cm³/mol. The first-order chi connectivity index (χ1) is 15.0. The molecule has 3 heterocycles. The van der Waals surface area contributed by atoms with E-state index < -0.39 is 80.4 Å². The summed E-state index contributed by atoms with van der Waals surface area (Å²) in [7, 11) is 0. The van der Waals surface area contributed by atoms with Gasteiger partial charge in [-0.3, -0.25) is 0 Å². The van der Waals surface area contributed by atoms with Crippen LogP contribution in [0.15, 0.2) is 12.2 Å². The van der Waals surface area contributed by atoms with Gasteiger partial charge in [0.05, 0.1) is 19.3 Å². The molecule has 2 saturated heterocycles. The van der Waals surface area contributed by atoms with Crippen LogP contribution in [0.5, 0.6) is 0 Å². The molecule has 3 aliphatic rings. The van der Waals surface area contributed by atoms with Crippen LogP contribution in [0.25, 0.3) is 0 Å². The van der Waals surface area contributed by atoms with Crippen molar-refractivity contribution in [3.8, 4) is 0 Å². The fourth-order valence-electron chi connectivity index (χ4n) is 3.93. The molecule has 0 unspecified atom stereocenters. The molecule has 0 spiro atoms. The minimum atomic E-state index is -1.73. The molecule has 0 aromatic carbocycles. The average Bonchev–Trinajstić information content (AvgIpc) is 3.15. The monoisotopic (exact) mass is 466 g/mol. The molecule has 0 radical (unpaired) electrons. The van der Waals surface area contributed by atoms with Crippen molar-refractivity contribution >= 4 is 0 Å². The molecule has 3 rings (SSSR count). The summed E-state index contributed by atoms with van der Waals surface area (Å²) < 4.78 is 28.0. The van der Waals surface area contributed by atoms with E-state index in [1.807, 2.05) is 19.9 Å². The maximum Gasteiger partial charge on any atom is 0.190 e. The quantitative estimate of drug-likeness (QED) is 0.188. The van der Waals surface area contributed by atoms with Gasteiger partial charge in [0.15, 0.2) is 18.4 Å². The Morgan fingerprint density at radius 2 is 1.44 bits per heavy atom. The second-order valence-corrected chi connectivity index (χ2v) is 8.82. The number of hydrogen-bond donors (Lipinski definition) is 7. The van der Waals surface area contributed by atoms with Crippen molar-refractivity contribution < 1.29 is 59.4 Å². The maximum absolute atomic E-state index is 10.7. The van der Waals surface area contributed by atoms with E-state index >= 15 is 0 Å². The van der Waals surface area contributed by atoms with Crippen LogP contribution >= 0.6 is 0 Å². The molecule has 0 bridgehead atoms. The Bertz CT molecular complexity index is 642. The summed E-state index contributed by atoms with van der Waals surface area (Å²) in [6, 6.07) is 0. The number of rotatable bonds is 7. The molecular weight excluding hydrogens is 432 g/mol. The Labute approximate surface area is 185 Å². The third-order valence-electron chi connectivity index (χ3n) is 5.93. The molecular formula is C20H34O12. The Hall–Kier alpha value is -0.740. The number of ether oxygens (including phenoxy) is 5. The molecule has 12 atom stereocenters. The van der Waals surface area contributed by atoms with Crippen molar-refractivity contribution in [2.24, 2.45) is 5.92 Å². The summed E-state index contributed by atoms with van der Waals surface area (Å²) in [6.45, 7) is 4.25. The van der Waals surface area contributed by atoms with E-state index in [0.717, 1.165) is 0 Å². The van der Waals surface area contributed by atoms with E-state index in [1.165, 1.54) is 0 Å². The highest BCUT2D eigenvalue weighted by molar-refractivity contribution is 5.07. The van der Waals surface area contributed by atoms with E-state index in [9.17, 15) is 35.7 Å². The van der Waals surface area contributed by atoms with Crippen molar-refractivity contribution in [1.29, 1.82) is 0 Å². The lowest BCUT2D eigenvalue weighted by Gasteiger charge is -2.46. The van der Waals surface area contributed by atoms with Gasteiger partial charge in [-0.1, -0.05) is 19.9 Å². The summed E-state index contributed by atoms with van der Waals surface area (Å²) in [5.41, 5.74) is 0. The molecule has 3 aliphatic heterocycles. The topological polar surface area (TPSA) is 188 Å². The second-order valence-electron chi connectivity index (χ2n) is 8.82. The SMILES string of the molecule is CC(C)[C@@H]1C=C[C@](C)(O[C@@H]2O[C@H](CO)[C@@H](O[C@@H]3O[C@H](CO)[C@@H](O)[C@H](O)[C@H]3O)[C@H](O)[C@H]2O)O1. The number of hydrogen-bond acceptors (Lipinski definition) is 12. The summed E-state index contributed by atoms with van der Waals surface area (Å²) in [4.78, 5) is 0. The van der Waals surface area contributed by atoms with Gasteiger partial charge in [-0.15, -0.1) is 0 Å². The number of aliphatic hydroxyl groups is 7.